The van der Waals surface area contributed by atoms with Gasteiger partial charge in [0.1, 0.15) is 0 Å². The molecule has 0 aromatic heterocycles. The predicted octanol–water partition coefficient (Wildman–Crippen LogP) is 2.80. The summed E-state index contributed by atoms with van der Waals surface area (Å²) in [6.07, 6.45) is 0. The van der Waals surface area contributed by atoms with E-state index in [0.29, 0.717) is 0 Å². The number of nitrogens with one attached hydrogen (secondary N) is 1. The van der Waals surface area contributed by atoms with Gasteiger partial charge in [0.05, 0.1) is 0 Å². The van der Waals surface area contributed by atoms with Gasteiger partial charge in [-0.25, -0.2) is 0 Å². The lowest BCUT2D eigenvalue weighted by Gasteiger charge is -2.11. The lowest BCUT2D eigenvalue weighted by Crippen LogP contribution is -2.14. The molecular weight excluding hydrogens is 242 g/mol. The lowest BCUT2D eigenvalue weighted by atomic mass is 10.2. The first-order valence-corrected chi connectivity index (χ1v) is 5.53. The van der Waals surface area contributed by atoms with Crippen molar-refractivity contribution in [1.29, 1.82) is 0 Å². The van der Waals surface area contributed by atoms with Crippen molar-refractivity contribution in [3.63, 3.8) is 0 Å². The summed E-state index contributed by atoms with van der Waals surface area (Å²) < 4.78 is 1.11. The van der Waals surface area contributed by atoms with E-state index in [2.05, 4.69) is 40.3 Å². The molecule has 1 aromatic rings. The zero-order valence-corrected chi connectivity index (χ0v) is 10.1. The minimum absolute atomic E-state index is 0.222. The quantitative estimate of drug-likeness (QED) is 0.870. The summed E-state index contributed by atoms with van der Waals surface area (Å²) in [6, 6.07) is 6.17. The highest BCUT2D eigenvalue weighted by Gasteiger charge is 2.00. The van der Waals surface area contributed by atoms with Gasteiger partial charge in [0, 0.05) is 23.3 Å². The summed E-state index contributed by atoms with van der Waals surface area (Å²) in [7, 11) is 0. The topological polar surface area (TPSA) is 32.3 Å². The van der Waals surface area contributed by atoms with Gasteiger partial charge in [-0.1, -0.05) is 28.9 Å². The third-order valence-electron chi connectivity index (χ3n) is 2.14. The number of rotatable bonds is 4. The highest BCUT2D eigenvalue weighted by Crippen LogP contribution is 2.20. The predicted molar refractivity (Wildman–Crippen MR) is 63.6 cm³/mol. The Morgan fingerprint density at radius 3 is 2.79 bits per heavy atom. The Kier molecular flexibility index (Phi) is 4.42. The first-order chi connectivity index (χ1) is 6.63. The Morgan fingerprint density at radius 1 is 1.50 bits per heavy atom. The average Bonchev–Trinajstić information content (AvgIpc) is 2.19. The summed E-state index contributed by atoms with van der Waals surface area (Å²) in [5, 5.41) is 12.1. The van der Waals surface area contributed by atoms with Crippen LogP contribution in [0, 0.1) is 12.8 Å². The molecule has 0 spiro atoms. The first-order valence-electron chi connectivity index (χ1n) is 4.74. The lowest BCUT2D eigenvalue weighted by molar-refractivity contribution is 0.244. The molecule has 14 heavy (non-hydrogen) atoms. The summed E-state index contributed by atoms with van der Waals surface area (Å²) in [5.74, 6) is 0.287. The molecule has 78 valence electrons. The second kappa shape index (κ2) is 5.37. The SMILES string of the molecule is Cc1ccc(NCC(C)CO)cc1Br. The van der Waals surface area contributed by atoms with Crippen LogP contribution in [-0.4, -0.2) is 18.3 Å². The van der Waals surface area contributed by atoms with Gasteiger partial charge in [-0.05, 0) is 30.5 Å². The van der Waals surface area contributed by atoms with E-state index >= 15 is 0 Å². The van der Waals surface area contributed by atoms with Crippen molar-refractivity contribution >= 4 is 21.6 Å². The van der Waals surface area contributed by atoms with Crippen LogP contribution in [0.2, 0.25) is 0 Å². The molecule has 1 rings (SSSR count). The average molecular weight is 258 g/mol. The molecule has 0 heterocycles. The first kappa shape index (κ1) is 11.5. The summed E-state index contributed by atoms with van der Waals surface area (Å²) >= 11 is 3.48. The third-order valence-corrected chi connectivity index (χ3v) is 2.99. The van der Waals surface area contributed by atoms with Crippen molar-refractivity contribution in [2.75, 3.05) is 18.5 Å². The number of halogens is 1. The van der Waals surface area contributed by atoms with Crippen LogP contribution < -0.4 is 5.32 Å². The fourth-order valence-electron chi connectivity index (χ4n) is 1.06. The van der Waals surface area contributed by atoms with Crippen molar-refractivity contribution in [2.45, 2.75) is 13.8 Å². The highest BCUT2D eigenvalue weighted by atomic mass is 79.9. The summed E-state index contributed by atoms with van der Waals surface area (Å²) in [4.78, 5) is 0. The maximum absolute atomic E-state index is 8.86. The molecule has 0 amide bonds. The zero-order valence-electron chi connectivity index (χ0n) is 8.55. The van der Waals surface area contributed by atoms with Crippen molar-refractivity contribution in [3.05, 3.63) is 28.2 Å². The fourth-order valence-corrected chi connectivity index (χ4v) is 1.44. The second-order valence-electron chi connectivity index (χ2n) is 3.63. The van der Waals surface area contributed by atoms with Crippen molar-refractivity contribution in [1.82, 2.24) is 0 Å². The number of benzene rings is 1. The van der Waals surface area contributed by atoms with Crippen LogP contribution in [0.25, 0.3) is 0 Å². The number of aliphatic hydroxyl groups is 1. The van der Waals surface area contributed by atoms with E-state index in [1.165, 1.54) is 5.56 Å². The fraction of sp³-hybridized carbons (Fsp3) is 0.455. The van der Waals surface area contributed by atoms with Crippen LogP contribution in [0.3, 0.4) is 0 Å². The Hall–Kier alpha value is -0.540. The smallest absolute Gasteiger partial charge is 0.0473 e. The Bertz CT molecular complexity index is 301. The van der Waals surface area contributed by atoms with Gasteiger partial charge in [0.15, 0.2) is 0 Å². The molecule has 0 fully saturated rings. The van der Waals surface area contributed by atoms with Crippen LogP contribution in [0.15, 0.2) is 22.7 Å². The Labute approximate surface area is 93.5 Å². The van der Waals surface area contributed by atoms with E-state index in [1.54, 1.807) is 0 Å². The molecule has 0 saturated carbocycles. The Morgan fingerprint density at radius 2 is 2.21 bits per heavy atom. The van der Waals surface area contributed by atoms with E-state index < -0.39 is 0 Å². The summed E-state index contributed by atoms with van der Waals surface area (Å²) in [5.41, 5.74) is 2.31. The molecule has 3 heteroatoms. The number of aryl methyl sites for hydroxylation is 1. The summed E-state index contributed by atoms with van der Waals surface area (Å²) in [6.45, 7) is 5.09. The molecule has 0 aliphatic rings. The molecule has 1 atom stereocenters. The maximum Gasteiger partial charge on any atom is 0.0473 e. The molecule has 0 aliphatic carbocycles. The number of anilines is 1. The van der Waals surface area contributed by atoms with Crippen LogP contribution in [0.5, 0.6) is 0 Å². The molecule has 0 saturated heterocycles. The molecule has 2 N–H and O–H groups in total. The molecule has 0 aliphatic heterocycles. The van der Waals surface area contributed by atoms with Gasteiger partial charge in [-0.3, -0.25) is 0 Å². The van der Waals surface area contributed by atoms with Crippen molar-refractivity contribution in [3.8, 4) is 0 Å². The number of aliphatic hydroxyl groups excluding tert-OH is 1. The number of hydrogen-bond acceptors (Lipinski definition) is 2. The van der Waals surface area contributed by atoms with Crippen LogP contribution >= 0.6 is 15.9 Å². The molecule has 0 radical (unpaired) electrons. The van der Waals surface area contributed by atoms with E-state index in [4.69, 9.17) is 5.11 Å². The monoisotopic (exact) mass is 257 g/mol. The van der Waals surface area contributed by atoms with Crippen molar-refractivity contribution in [2.24, 2.45) is 5.92 Å². The van der Waals surface area contributed by atoms with Gasteiger partial charge < -0.3 is 10.4 Å². The van der Waals surface area contributed by atoms with Gasteiger partial charge in [-0.15, -0.1) is 0 Å². The zero-order chi connectivity index (χ0) is 10.6. The molecule has 2 nitrogen and oxygen atoms in total. The minimum Gasteiger partial charge on any atom is -0.396 e. The third kappa shape index (κ3) is 3.31. The van der Waals surface area contributed by atoms with Crippen LogP contribution in [0.4, 0.5) is 5.69 Å². The Balaban J connectivity index is 2.55. The van der Waals surface area contributed by atoms with E-state index in [9.17, 15) is 0 Å². The minimum atomic E-state index is 0.222. The van der Waals surface area contributed by atoms with Gasteiger partial charge in [0.2, 0.25) is 0 Å². The van der Waals surface area contributed by atoms with Gasteiger partial charge in [-0.2, -0.15) is 0 Å². The standard InChI is InChI=1S/C11H16BrNO/c1-8(7-14)6-13-10-4-3-9(2)11(12)5-10/h3-5,8,13-14H,6-7H2,1-2H3. The molecular formula is C11H16BrNO. The largest absolute Gasteiger partial charge is 0.396 e. The van der Waals surface area contributed by atoms with Crippen molar-refractivity contribution < 1.29 is 5.11 Å². The van der Waals surface area contributed by atoms with Crippen LogP contribution in [0.1, 0.15) is 12.5 Å². The maximum atomic E-state index is 8.86. The van der Waals surface area contributed by atoms with Crippen LogP contribution in [-0.2, 0) is 0 Å². The van der Waals surface area contributed by atoms with E-state index in [0.717, 1.165) is 16.7 Å². The molecule has 1 unspecified atom stereocenters. The van der Waals surface area contributed by atoms with E-state index in [-0.39, 0.29) is 12.5 Å². The number of hydrogen-bond donors (Lipinski definition) is 2. The molecule has 0 bridgehead atoms. The second-order valence-corrected chi connectivity index (χ2v) is 4.49. The van der Waals surface area contributed by atoms with E-state index in [1.807, 2.05) is 13.0 Å². The highest BCUT2D eigenvalue weighted by molar-refractivity contribution is 9.10. The van der Waals surface area contributed by atoms with Gasteiger partial charge >= 0.3 is 0 Å². The normalized spacial score (nSPS) is 12.6. The van der Waals surface area contributed by atoms with Gasteiger partial charge in [0.25, 0.3) is 0 Å². The molecule has 1 aromatic carbocycles.